The Bertz CT molecular complexity index is 1660. The van der Waals surface area contributed by atoms with Gasteiger partial charge in [0.15, 0.2) is 11.5 Å². The Hall–Kier alpha value is -4.24. The molecule has 0 unspecified atom stereocenters. The van der Waals surface area contributed by atoms with Crippen molar-refractivity contribution in [2.24, 2.45) is 5.92 Å². The van der Waals surface area contributed by atoms with Crippen molar-refractivity contribution in [2.75, 3.05) is 44.5 Å². The van der Waals surface area contributed by atoms with Gasteiger partial charge in [-0.05, 0) is 61.1 Å². The number of carbonyl (C=O) groups is 2. The molecule has 6 rings (SSSR count). The van der Waals surface area contributed by atoms with Crippen molar-refractivity contribution in [2.45, 2.75) is 31.9 Å². The van der Waals surface area contributed by atoms with Crippen LogP contribution in [-0.2, 0) is 9.59 Å². The van der Waals surface area contributed by atoms with Crippen molar-refractivity contribution < 1.29 is 19.1 Å². The van der Waals surface area contributed by atoms with E-state index in [9.17, 15) is 9.59 Å². The van der Waals surface area contributed by atoms with Gasteiger partial charge in [0, 0.05) is 24.2 Å². The molecule has 1 saturated heterocycles. The Morgan fingerprint density at radius 3 is 2.41 bits per heavy atom. The van der Waals surface area contributed by atoms with Crippen LogP contribution in [0.4, 0.5) is 5.82 Å². The Morgan fingerprint density at radius 2 is 1.70 bits per heavy atom. The molecule has 8 nitrogen and oxygen atoms in total. The fourth-order valence-electron chi connectivity index (χ4n) is 6.04. The number of carbonyl (C=O) groups excluding carboxylic acids is 2. The molecule has 0 N–H and O–H groups in total. The highest BCUT2D eigenvalue weighted by atomic mass is 32.2. The first-order valence-corrected chi connectivity index (χ1v) is 16.1. The van der Waals surface area contributed by atoms with Crippen LogP contribution < -0.4 is 14.4 Å². The number of benzene rings is 3. The monoisotopic (exact) mass is 610 g/mol. The van der Waals surface area contributed by atoms with Crippen LogP contribution in [0.1, 0.15) is 41.7 Å². The maximum Gasteiger partial charge on any atom is 0.242 e. The molecule has 228 valence electrons. The maximum atomic E-state index is 14.1. The summed E-state index contributed by atoms with van der Waals surface area (Å²) in [6.07, 6.45) is 1.95. The minimum absolute atomic E-state index is 0.0365. The van der Waals surface area contributed by atoms with Crippen molar-refractivity contribution >= 4 is 29.4 Å². The van der Waals surface area contributed by atoms with Crippen molar-refractivity contribution in [1.29, 1.82) is 0 Å². The third-order valence-electron chi connectivity index (χ3n) is 8.52. The fraction of sp³-hybridized carbons (Fsp3) is 0.343. The summed E-state index contributed by atoms with van der Waals surface area (Å²) < 4.78 is 13.1. The number of ether oxygens (including phenoxy) is 2. The van der Waals surface area contributed by atoms with Gasteiger partial charge in [0.2, 0.25) is 11.8 Å². The van der Waals surface area contributed by atoms with Gasteiger partial charge < -0.3 is 14.4 Å². The standard InChI is InChI=1S/C35H38N4O4S/c1-23-15-17-37(18-16-23)30(40)21-38-31(41)22-44-34(26-13-14-28(42-3)29(20-26)43-4)32-33(25-10-6-5-7-11-25)36-39(35(32)38)27-12-8-9-24(2)19-27/h5-14,19-20,23,34H,15-18,21-22H2,1-4H3/t34-/m1/s1. The Morgan fingerprint density at radius 1 is 0.955 bits per heavy atom. The van der Waals surface area contributed by atoms with Crippen molar-refractivity contribution in [3.05, 3.63) is 89.5 Å². The molecule has 1 atom stereocenters. The zero-order valence-electron chi connectivity index (χ0n) is 25.7. The van der Waals surface area contributed by atoms with Crippen LogP contribution in [0, 0.1) is 12.8 Å². The Kier molecular flexibility index (Phi) is 8.66. The molecule has 4 aromatic rings. The number of fused-ring (bicyclic) bond motifs is 1. The molecule has 3 heterocycles. The highest BCUT2D eigenvalue weighted by Crippen LogP contribution is 2.49. The molecule has 2 aliphatic heterocycles. The number of hydrogen-bond donors (Lipinski definition) is 0. The van der Waals surface area contributed by atoms with E-state index in [0.29, 0.717) is 36.3 Å². The first-order valence-electron chi connectivity index (χ1n) is 15.0. The molecule has 2 amide bonds. The number of nitrogens with zero attached hydrogens (tertiary/aromatic N) is 4. The van der Waals surface area contributed by atoms with E-state index in [-0.39, 0.29) is 29.4 Å². The predicted molar refractivity (Wildman–Crippen MR) is 175 cm³/mol. The number of piperidine rings is 1. The second kappa shape index (κ2) is 12.8. The number of likely N-dealkylation sites (tertiary alicyclic amines) is 1. The van der Waals surface area contributed by atoms with Crippen molar-refractivity contribution in [1.82, 2.24) is 14.7 Å². The molecule has 1 aromatic heterocycles. The summed E-state index contributed by atoms with van der Waals surface area (Å²) in [6.45, 7) is 5.65. The molecule has 0 spiro atoms. The number of aromatic nitrogens is 2. The summed E-state index contributed by atoms with van der Waals surface area (Å²) in [7, 11) is 3.24. The lowest BCUT2D eigenvalue weighted by molar-refractivity contribution is -0.132. The van der Waals surface area contributed by atoms with E-state index in [2.05, 4.69) is 13.0 Å². The number of hydrogen-bond acceptors (Lipinski definition) is 6. The SMILES string of the molecule is COc1ccc([C@H]2SCC(=O)N(CC(=O)N3CCC(C)CC3)c3c2c(-c2ccccc2)nn3-c2cccc(C)c2)cc1OC. The lowest BCUT2D eigenvalue weighted by Gasteiger charge is -2.32. The van der Waals surface area contributed by atoms with E-state index in [4.69, 9.17) is 14.6 Å². The molecular weight excluding hydrogens is 572 g/mol. The normalized spacial score (nSPS) is 17.3. The number of methoxy groups -OCH3 is 2. The van der Waals surface area contributed by atoms with Gasteiger partial charge in [-0.3, -0.25) is 14.5 Å². The average molecular weight is 611 g/mol. The highest BCUT2D eigenvalue weighted by Gasteiger charge is 2.38. The van der Waals surface area contributed by atoms with Crippen LogP contribution >= 0.6 is 11.8 Å². The second-order valence-corrected chi connectivity index (χ2v) is 12.6. The quantitative estimate of drug-likeness (QED) is 0.245. The van der Waals surface area contributed by atoms with Crippen LogP contribution in [0.25, 0.3) is 16.9 Å². The lowest BCUT2D eigenvalue weighted by Crippen LogP contribution is -2.46. The van der Waals surface area contributed by atoms with Crippen molar-refractivity contribution in [3.63, 3.8) is 0 Å². The summed E-state index contributed by atoms with van der Waals surface area (Å²) in [5.74, 6) is 2.52. The van der Waals surface area contributed by atoms with E-state index >= 15 is 0 Å². The third kappa shape index (κ3) is 5.80. The second-order valence-electron chi connectivity index (χ2n) is 11.6. The summed E-state index contributed by atoms with van der Waals surface area (Å²) >= 11 is 1.54. The van der Waals surface area contributed by atoms with Gasteiger partial charge in [0.1, 0.15) is 12.4 Å². The molecule has 9 heteroatoms. The number of aryl methyl sites for hydroxylation is 1. The van der Waals surface area contributed by atoms with Gasteiger partial charge in [-0.2, -0.15) is 5.10 Å². The van der Waals surface area contributed by atoms with Gasteiger partial charge in [0.25, 0.3) is 0 Å². The molecule has 0 saturated carbocycles. The van der Waals surface area contributed by atoms with Crippen LogP contribution in [0.5, 0.6) is 11.5 Å². The molecule has 44 heavy (non-hydrogen) atoms. The minimum Gasteiger partial charge on any atom is -0.493 e. The van der Waals surface area contributed by atoms with Gasteiger partial charge in [0.05, 0.1) is 36.6 Å². The van der Waals surface area contributed by atoms with Crippen LogP contribution in [0.3, 0.4) is 0 Å². The lowest BCUT2D eigenvalue weighted by atomic mass is 9.98. The molecule has 0 bridgehead atoms. The van der Waals surface area contributed by atoms with Crippen molar-refractivity contribution in [3.8, 4) is 28.4 Å². The molecule has 0 radical (unpaired) electrons. The van der Waals surface area contributed by atoms with Gasteiger partial charge in [-0.15, -0.1) is 11.8 Å². The topological polar surface area (TPSA) is 76.9 Å². The van der Waals surface area contributed by atoms with Crippen LogP contribution in [-0.4, -0.2) is 66.1 Å². The number of anilines is 1. The minimum atomic E-state index is -0.265. The Labute approximate surface area is 263 Å². The fourth-order valence-corrected chi connectivity index (χ4v) is 7.23. The third-order valence-corrected chi connectivity index (χ3v) is 9.78. The number of rotatable bonds is 7. The summed E-state index contributed by atoms with van der Waals surface area (Å²) in [4.78, 5) is 31.5. The zero-order chi connectivity index (χ0) is 30.8. The number of amides is 2. The van der Waals surface area contributed by atoms with Gasteiger partial charge >= 0.3 is 0 Å². The summed E-state index contributed by atoms with van der Waals surface area (Å²) in [6, 6.07) is 24.0. The first kappa shape index (κ1) is 29.8. The van der Waals surface area contributed by atoms with E-state index in [1.54, 1.807) is 30.9 Å². The van der Waals surface area contributed by atoms with Gasteiger partial charge in [-0.1, -0.05) is 55.5 Å². The van der Waals surface area contributed by atoms with Gasteiger partial charge in [-0.25, -0.2) is 4.68 Å². The summed E-state index contributed by atoms with van der Waals surface area (Å²) in [5.41, 5.74) is 5.46. The van der Waals surface area contributed by atoms with Crippen LogP contribution in [0.2, 0.25) is 0 Å². The predicted octanol–water partition coefficient (Wildman–Crippen LogP) is 6.29. The van der Waals surface area contributed by atoms with E-state index < -0.39 is 0 Å². The largest absolute Gasteiger partial charge is 0.493 e. The first-order chi connectivity index (χ1) is 21.4. The van der Waals surface area contributed by atoms with E-state index in [1.807, 2.05) is 83.2 Å². The van der Waals surface area contributed by atoms with Crippen LogP contribution in [0.15, 0.2) is 72.8 Å². The molecule has 2 aliphatic rings. The smallest absolute Gasteiger partial charge is 0.242 e. The molecule has 0 aliphatic carbocycles. The highest BCUT2D eigenvalue weighted by molar-refractivity contribution is 8.00. The maximum absolute atomic E-state index is 14.1. The van der Waals surface area contributed by atoms with E-state index in [0.717, 1.165) is 46.5 Å². The molecular formula is C35H38N4O4S. The molecule has 1 fully saturated rings. The molecule has 3 aromatic carbocycles. The number of thioether (sulfide) groups is 1. The Balaban J connectivity index is 1.57. The van der Waals surface area contributed by atoms with E-state index in [1.165, 1.54) is 0 Å². The zero-order valence-corrected chi connectivity index (χ0v) is 26.5. The average Bonchev–Trinajstić information content (AvgIpc) is 3.37. The summed E-state index contributed by atoms with van der Waals surface area (Å²) in [5, 5.41) is 4.94.